The molecule has 0 aliphatic rings. The molecule has 1 aromatic heterocycles. The maximum Gasteiger partial charge on any atom is 0.287 e. The van der Waals surface area contributed by atoms with E-state index in [4.69, 9.17) is 5.11 Å². The topological polar surface area (TPSA) is 88.6 Å². The third-order valence-corrected chi connectivity index (χ3v) is 2.44. The van der Waals surface area contributed by atoms with Crippen molar-refractivity contribution < 1.29 is 23.6 Å². The van der Waals surface area contributed by atoms with Gasteiger partial charge in [0.25, 0.3) is 18.0 Å². The maximum atomic E-state index is 12.3. The number of amides is 1. The molecule has 0 spiro atoms. The summed E-state index contributed by atoms with van der Waals surface area (Å²) in [7, 11) is 1.40. The predicted octanol–water partition coefficient (Wildman–Crippen LogP) is 0.633. The van der Waals surface area contributed by atoms with E-state index < -0.39 is 30.4 Å². The number of hydrogen-bond acceptors (Lipinski definition) is 4. The van der Waals surface area contributed by atoms with Crippen molar-refractivity contribution in [2.45, 2.75) is 6.43 Å². The number of halogens is 2. The van der Waals surface area contributed by atoms with Gasteiger partial charge in [-0.05, 0) is 0 Å². The molecule has 0 aliphatic heterocycles. The number of aryl methyl sites for hydroxylation is 1. The minimum Gasteiger partial charge on any atom is -0.395 e. The number of carbonyl (C=O) groups excluding carboxylic acids is 1. The maximum absolute atomic E-state index is 12.3. The number of nitro groups is 1. The van der Waals surface area contributed by atoms with Crippen LogP contribution in [0.15, 0.2) is 12.3 Å². The van der Waals surface area contributed by atoms with Crippen LogP contribution in [0.5, 0.6) is 0 Å². The highest BCUT2D eigenvalue weighted by molar-refractivity contribution is 5.93. The van der Waals surface area contributed by atoms with Gasteiger partial charge in [-0.15, -0.1) is 0 Å². The van der Waals surface area contributed by atoms with Gasteiger partial charge in [-0.2, -0.15) is 0 Å². The van der Waals surface area contributed by atoms with E-state index in [2.05, 4.69) is 0 Å². The molecule has 1 aromatic rings. The largest absolute Gasteiger partial charge is 0.395 e. The van der Waals surface area contributed by atoms with Crippen molar-refractivity contribution in [3.63, 3.8) is 0 Å². The number of nitrogens with zero attached hydrogens (tertiary/aromatic N) is 3. The normalized spacial score (nSPS) is 10.8. The highest BCUT2D eigenvalue weighted by atomic mass is 19.3. The first-order chi connectivity index (χ1) is 8.86. The van der Waals surface area contributed by atoms with Crippen molar-refractivity contribution in [2.75, 3.05) is 19.7 Å². The lowest BCUT2D eigenvalue weighted by Crippen LogP contribution is -2.38. The van der Waals surface area contributed by atoms with Gasteiger partial charge >= 0.3 is 0 Å². The van der Waals surface area contributed by atoms with E-state index in [1.807, 2.05) is 0 Å². The Morgan fingerprint density at radius 1 is 1.63 bits per heavy atom. The van der Waals surface area contributed by atoms with E-state index in [0.29, 0.717) is 0 Å². The third-order valence-electron chi connectivity index (χ3n) is 2.44. The molecule has 106 valence electrons. The number of rotatable bonds is 6. The minimum atomic E-state index is -2.74. The van der Waals surface area contributed by atoms with Gasteiger partial charge < -0.3 is 14.6 Å². The summed E-state index contributed by atoms with van der Waals surface area (Å²) in [6.45, 7) is -1.56. The van der Waals surface area contributed by atoms with Crippen molar-refractivity contribution in [3.8, 4) is 0 Å². The summed E-state index contributed by atoms with van der Waals surface area (Å²) in [6, 6.07) is 1.01. The van der Waals surface area contributed by atoms with E-state index in [1.165, 1.54) is 11.6 Å². The number of alkyl halides is 2. The third kappa shape index (κ3) is 3.71. The van der Waals surface area contributed by atoms with Crippen molar-refractivity contribution >= 4 is 11.6 Å². The molecule has 9 heteroatoms. The first kappa shape index (κ1) is 15.0. The molecular formula is C10H13F2N3O4. The lowest BCUT2D eigenvalue weighted by Gasteiger charge is -2.21. The van der Waals surface area contributed by atoms with Gasteiger partial charge in [-0.1, -0.05) is 0 Å². The quantitative estimate of drug-likeness (QED) is 0.610. The molecule has 0 saturated carbocycles. The molecule has 0 saturated heterocycles. The molecule has 19 heavy (non-hydrogen) atoms. The molecule has 7 nitrogen and oxygen atoms in total. The van der Waals surface area contributed by atoms with Gasteiger partial charge in [0.2, 0.25) is 0 Å². The van der Waals surface area contributed by atoms with Crippen LogP contribution in [0.1, 0.15) is 10.5 Å². The summed E-state index contributed by atoms with van der Waals surface area (Å²) in [5, 5.41) is 19.3. The SMILES string of the molecule is Cn1cc([N+](=O)[O-])cc1C(=O)N(CCO)CC(F)F. The van der Waals surface area contributed by atoms with E-state index in [9.17, 15) is 23.7 Å². The Morgan fingerprint density at radius 3 is 2.68 bits per heavy atom. The molecular weight excluding hydrogens is 264 g/mol. The average Bonchev–Trinajstić information content (AvgIpc) is 2.69. The molecule has 0 atom stereocenters. The minimum absolute atomic E-state index is 0.0826. The van der Waals surface area contributed by atoms with Crippen LogP contribution in [-0.4, -0.2) is 51.5 Å². The first-order valence-corrected chi connectivity index (χ1v) is 5.35. The Kier molecular flexibility index (Phi) is 4.93. The van der Waals surface area contributed by atoms with Crippen LogP contribution in [0.25, 0.3) is 0 Å². The van der Waals surface area contributed by atoms with Crippen LogP contribution in [0.3, 0.4) is 0 Å². The molecule has 0 aromatic carbocycles. The standard InChI is InChI=1S/C10H13F2N3O4/c1-13-5-7(15(18)19)4-8(13)10(17)14(2-3-16)6-9(11)12/h4-5,9,16H,2-3,6H2,1H3. The summed E-state index contributed by atoms with van der Waals surface area (Å²) in [6.07, 6.45) is -1.63. The molecule has 0 radical (unpaired) electrons. The highest BCUT2D eigenvalue weighted by Crippen LogP contribution is 2.17. The van der Waals surface area contributed by atoms with Crippen LogP contribution in [-0.2, 0) is 7.05 Å². The Morgan fingerprint density at radius 2 is 2.26 bits per heavy atom. The van der Waals surface area contributed by atoms with Gasteiger partial charge in [-0.25, -0.2) is 8.78 Å². The summed E-state index contributed by atoms with van der Waals surface area (Å²) in [5.74, 6) is -0.787. The van der Waals surface area contributed by atoms with Crippen molar-refractivity contribution in [2.24, 2.45) is 7.05 Å². The van der Waals surface area contributed by atoms with E-state index in [0.717, 1.165) is 17.2 Å². The fourth-order valence-electron chi connectivity index (χ4n) is 1.58. The fraction of sp³-hybridized carbons (Fsp3) is 0.500. The summed E-state index contributed by atoms with van der Waals surface area (Å²) >= 11 is 0. The Balaban J connectivity index is 2.98. The van der Waals surface area contributed by atoms with Crippen molar-refractivity contribution in [1.82, 2.24) is 9.47 Å². The zero-order valence-electron chi connectivity index (χ0n) is 10.1. The summed E-state index contributed by atoms with van der Waals surface area (Å²) in [5.41, 5.74) is -0.382. The first-order valence-electron chi connectivity index (χ1n) is 5.35. The second-order valence-corrected chi connectivity index (χ2v) is 3.82. The van der Waals surface area contributed by atoms with Gasteiger partial charge in [0, 0.05) is 19.7 Å². The second kappa shape index (κ2) is 6.23. The van der Waals surface area contributed by atoms with Gasteiger partial charge in [-0.3, -0.25) is 14.9 Å². The van der Waals surface area contributed by atoms with Crippen molar-refractivity contribution in [3.05, 3.63) is 28.1 Å². The smallest absolute Gasteiger partial charge is 0.287 e. The Hall–Kier alpha value is -2.03. The zero-order chi connectivity index (χ0) is 14.6. The zero-order valence-corrected chi connectivity index (χ0v) is 10.1. The van der Waals surface area contributed by atoms with E-state index >= 15 is 0 Å². The number of aromatic nitrogens is 1. The highest BCUT2D eigenvalue weighted by Gasteiger charge is 2.24. The number of aliphatic hydroxyl groups is 1. The summed E-state index contributed by atoms with van der Waals surface area (Å²) in [4.78, 5) is 22.6. The molecule has 1 heterocycles. The fourth-order valence-corrected chi connectivity index (χ4v) is 1.58. The monoisotopic (exact) mass is 277 g/mol. The van der Waals surface area contributed by atoms with Crippen LogP contribution in [0.2, 0.25) is 0 Å². The van der Waals surface area contributed by atoms with Crippen molar-refractivity contribution in [1.29, 1.82) is 0 Å². The summed E-state index contributed by atoms with van der Waals surface area (Å²) < 4.78 is 25.8. The van der Waals surface area contributed by atoms with Crippen LogP contribution < -0.4 is 0 Å². The number of carbonyl (C=O) groups is 1. The molecule has 0 fully saturated rings. The molecule has 0 bridgehead atoms. The molecule has 1 amide bonds. The van der Waals surface area contributed by atoms with Crippen LogP contribution >= 0.6 is 0 Å². The lowest BCUT2D eigenvalue weighted by molar-refractivity contribution is -0.384. The molecule has 1 rings (SSSR count). The Bertz CT molecular complexity index is 475. The molecule has 0 aliphatic carbocycles. The second-order valence-electron chi connectivity index (χ2n) is 3.82. The number of hydrogen-bond donors (Lipinski definition) is 1. The van der Waals surface area contributed by atoms with Crippen LogP contribution in [0, 0.1) is 10.1 Å². The van der Waals surface area contributed by atoms with E-state index in [-0.39, 0.29) is 17.9 Å². The molecule has 0 unspecified atom stereocenters. The van der Waals surface area contributed by atoms with Gasteiger partial charge in [0.1, 0.15) is 5.69 Å². The average molecular weight is 277 g/mol. The molecule has 1 N–H and O–H groups in total. The number of aliphatic hydroxyl groups excluding tert-OH is 1. The van der Waals surface area contributed by atoms with Crippen LogP contribution in [0.4, 0.5) is 14.5 Å². The Labute approximate surface area is 107 Å². The lowest BCUT2D eigenvalue weighted by atomic mass is 10.3. The van der Waals surface area contributed by atoms with Gasteiger partial charge in [0.05, 0.1) is 24.3 Å². The van der Waals surface area contributed by atoms with E-state index in [1.54, 1.807) is 0 Å². The predicted molar refractivity (Wildman–Crippen MR) is 61.1 cm³/mol. The van der Waals surface area contributed by atoms with Gasteiger partial charge in [0.15, 0.2) is 0 Å².